The quantitative estimate of drug-likeness (QED) is 0.468. The molecule has 1 aliphatic carbocycles. The van der Waals surface area contributed by atoms with Crippen LogP contribution in [0.15, 0.2) is 22.1 Å². The smallest absolute Gasteiger partial charge is 0.267 e. The van der Waals surface area contributed by atoms with Gasteiger partial charge in [-0.2, -0.15) is 12.6 Å². The van der Waals surface area contributed by atoms with Gasteiger partial charge in [0.2, 0.25) is 0 Å². The van der Waals surface area contributed by atoms with Gasteiger partial charge in [-0.05, 0) is 12.8 Å². The minimum atomic E-state index is -0.0850. The summed E-state index contributed by atoms with van der Waals surface area (Å²) in [4.78, 5) is 11.4. The zero-order valence-corrected chi connectivity index (χ0v) is 9.93. The fraction of sp³-hybridized carbons (Fsp3) is 0.556. The zero-order valence-electron chi connectivity index (χ0n) is 8.22. The summed E-state index contributed by atoms with van der Waals surface area (Å²) < 4.78 is 1.76. The summed E-state index contributed by atoms with van der Waals surface area (Å²) in [5.74, 6) is 1.58. The van der Waals surface area contributed by atoms with Crippen LogP contribution < -0.4 is 5.69 Å². The third-order valence-electron chi connectivity index (χ3n) is 2.16. The molecule has 0 unspecified atom stereocenters. The molecule has 1 heterocycles. The van der Waals surface area contributed by atoms with Gasteiger partial charge in [0.05, 0.1) is 0 Å². The number of thiol groups is 1. The molecule has 15 heavy (non-hydrogen) atoms. The molecule has 0 aromatic carbocycles. The Hall–Kier alpha value is -0.620. The fourth-order valence-electron chi connectivity index (χ4n) is 1.31. The topological polar surface area (TPSA) is 50.7 Å². The average Bonchev–Trinajstić information content (AvgIpc) is 2.99. The molecule has 0 atom stereocenters. The van der Waals surface area contributed by atoms with E-state index in [4.69, 9.17) is 0 Å². The van der Waals surface area contributed by atoms with E-state index >= 15 is 0 Å². The van der Waals surface area contributed by atoms with Crippen LogP contribution in [0.1, 0.15) is 18.9 Å². The number of thioether (sulfide) groups is 1. The predicted octanol–water partition coefficient (Wildman–Crippen LogP) is 1.48. The Balaban J connectivity index is 2.01. The number of aromatic amines is 1. The molecule has 1 N–H and O–H groups in total. The van der Waals surface area contributed by atoms with Gasteiger partial charge in [0, 0.05) is 17.5 Å². The highest BCUT2D eigenvalue weighted by atomic mass is 32.2. The van der Waals surface area contributed by atoms with E-state index in [0.29, 0.717) is 6.04 Å². The SMILES string of the molecule is O=c1[nH]nc(SCC=CCS)n1C1CC1. The Labute approximate surface area is 97.6 Å². The van der Waals surface area contributed by atoms with E-state index in [0.717, 1.165) is 29.5 Å². The molecule has 6 heteroatoms. The standard InChI is InChI=1S/C9H13N3OS2/c13-8-10-11-9(12(8)7-3-4-7)15-6-2-1-5-14/h1-2,7,14H,3-6H2,(H,10,13). The molecular weight excluding hydrogens is 230 g/mol. The third-order valence-corrected chi connectivity index (χ3v) is 3.28. The molecule has 0 aliphatic heterocycles. The van der Waals surface area contributed by atoms with Crippen LogP contribution >= 0.6 is 24.4 Å². The van der Waals surface area contributed by atoms with Gasteiger partial charge in [-0.25, -0.2) is 9.89 Å². The Kier molecular flexibility index (Phi) is 3.58. The molecule has 82 valence electrons. The lowest BCUT2D eigenvalue weighted by Gasteiger charge is -2.00. The number of rotatable bonds is 5. The summed E-state index contributed by atoms with van der Waals surface area (Å²) in [6, 6.07) is 0.382. The lowest BCUT2D eigenvalue weighted by Crippen LogP contribution is -2.16. The average molecular weight is 243 g/mol. The number of hydrogen-bond acceptors (Lipinski definition) is 4. The highest BCUT2D eigenvalue weighted by Crippen LogP contribution is 2.35. The van der Waals surface area contributed by atoms with E-state index in [1.54, 1.807) is 16.3 Å². The second kappa shape index (κ2) is 4.94. The Morgan fingerprint density at radius 3 is 3.07 bits per heavy atom. The number of nitrogens with zero attached hydrogens (tertiary/aromatic N) is 2. The molecule has 0 amide bonds. The van der Waals surface area contributed by atoms with Crippen LogP contribution in [0.5, 0.6) is 0 Å². The van der Waals surface area contributed by atoms with Crippen LogP contribution in [-0.2, 0) is 0 Å². The van der Waals surface area contributed by atoms with E-state index in [1.807, 2.05) is 12.2 Å². The number of aromatic nitrogens is 3. The lowest BCUT2D eigenvalue weighted by atomic mass is 10.6. The van der Waals surface area contributed by atoms with Crippen molar-refractivity contribution in [3.8, 4) is 0 Å². The maximum atomic E-state index is 11.4. The molecule has 0 bridgehead atoms. The number of H-pyrrole nitrogens is 1. The molecule has 1 saturated carbocycles. The molecule has 0 spiro atoms. The molecule has 1 fully saturated rings. The molecule has 2 rings (SSSR count). The van der Waals surface area contributed by atoms with E-state index in [-0.39, 0.29) is 5.69 Å². The van der Waals surface area contributed by atoms with Gasteiger partial charge in [-0.15, -0.1) is 5.10 Å². The van der Waals surface area contributed by atoms with Crippen molar-refractivity contribution < 1.29 is 0 Å². The van der Waals surface area contributed by atoms with Crippen LogP contribution in [-0.4, -0.2) is 26.3 Å². The van der Waals surface area contributed by atoms with Crippen molar-refractivity contribution >= 4 is 24.4 Å². The van der Waals surface area contributed by atoms with E-state index in [9.17, 15) is 4.79 Å². The minimum Gasteiger partial charge on any atom is -0.267 e. The van der Waals surface area contributed by atoms with Crippen molar-refractivity contribution in [2.45, 2.75) is 24.0 Å². The van der Waals surface area contributed by atoms with Gasteiger partial charge < -0.3 is 0 Å². The largest absolute Gasteiger partial charge is 0.344 e. The first-order chi connectivity index (χ1) is 7.33. The van der Waals surface area contributed by atoms with Crippen molar-refractivity contribution in [2.24, 2.45) is 0 Å². The summed E-state index contributed by atoms with van der Waals surface area (Å²) in [7, 11) is 0. The third kappa shape index (κ3) is 2.69. The van der Waals surface area contributed by atoms with Gasteiger partial charge in [0.25, 0.3) is 0 Å². The summed E-state index contributed by atoms with van der Waals surface area (Å²) in [6.45, 7) is 0. The Morgan fingerprint density at radius 1 is 1.60 bits per heavy atom. The number of hydrogen-bond donors (Lipinski definition) is 2. The van der Waals surface area contributed by atoms with Crippen LogP contribution in [0.4, 0.5) is 0 Å². The first-order valence-electron chi connectivity index (χ1n) is 4.88. The number of nitrogens with one attached hydrogen (secondary N) is 1. The van der Waals surface area contributed by atoms with Gasteiger partial charge in [0.1, 0.15) is 0 Å². The summed E-state index contributed by atoms with van der Waals surface area (Å²) in [5, 5.41) is 7.30. The van der Waals surface area contributed by atoms with Crippen LogP contribution in [0, 0.1) is 0 Å². The Bertz CT molecular complexity index is 406. The van der Waals surface area contributed by atoms with Crippen molar-refractivity contribution in [2.75, 3.05) is 11.5 Å². The highest BCUT2D eigenvalue weighted by Gasteiger charge is 2.28. The molecular formula is C9H13N3OS2. The summed E-state index contributed by atoms with van der Waals surface area (Å²) >= 11 is 5.65. The molecule has 0 radical (unpaired) electrons. The predicted molar refractivity (Wildman–Crippen MR) is 64.8 cm³/mol. The fourth-order valence-corrected chi connectivity index (χ4v) is 2.32. The second-order valence-electron chi connectivity index (χ2n) is 3.38. The van der Waals surface area contributed by atoms with Gasteiger partial charge >= 0.3 is 5.69 Å². The van der Waals surface area contributed by atoms with Gasteiger partial charge in [-0.1, -0.05) is 23.9 Å². The highest BCUT2D eigenvalue weighted by molar-refractivity contribution is 7.99. The first kappa shape index (κ1) is 10.9. The lowest BCUT2D eigenvalue weighted by molar-refractivity contribution is 0.643. The molecule has 1 aromatic heterocycles. The summed E-state index contributed by atoms with van der Waals surface area (Å²) in [6.07, 6.45) is 6.22. The van der Waals surface area contributed by atoms with E-state index in [2.05, 4.69) is 22.8 Å². The van der Waals surface area contributed by atoms with Crippen LogP contribution in [0.3, 0.4) is 0 Å². The van der Waals surface area contributed by atoms with Crippen LogP contribution in [0.25, 0.3) is 0 Å². The first-order valence-corrected chi connectivity index (χ1v) is 6.50. The molecule has 0 saturated heterocycles. The zero-order chi connectivity index (χ0) is 10.7. The normalized spacial score (nSPS) is 16.3. The van der Waals surface area contributed by atoms with E-state index in [1.165, 1.54) is 0 Å². The Morgan fingerprint density at radius 2 is 2.40 bits per heavy atom. The maximum absolute atomic E-state index is 11.4. The van der Waals surface area contributed by atoms with Crippen LogP contribution in [0.2, 0.25) is 0 Å². The van der Waals surface area contributed by atoms with Crippen molar-refractivity contribution in [3.05, 3.63) is 22.6 Å². The van der Waals surface area contributed by atoms with Crippen molar-refractivity contribution in [1.29, 1.82) is 0 Å². The van der Waals surface area contributed by atoms with Crippen molar-refractivity contribution in [3.63, 3.8) is 0 Å². The molecule has 1 aliphatic rings. The van der Waals surface area contributed by atoms with Gasteiger partial charge in [-0.3, -0.25) is 4.57 Å². The monoisotopic (exact) mass is 243 g/mol. The second-order valence-corrected chi connectivity index (χ2v) is 4.73. The van der Waals surface area contributed by atoms with Gasteiger partial charge in [0.15, 0.2) is 5.16 Å². The maximum Gasteiger partial charge on any atom is 0.344 e. The molecule has 4 nitrogen and oxygen atoms in total. The minimum absolute atomic E-state index is 0.0850. The summed E-state index contributed by atoms with van der Waals surface area (Å²) in [5.41, 5.74) is -0.0850. The van der Waals surface area contributed by atoms with Crippen molar-refractivity contribution in [1.82, 2.24) is 14.8 Å². The van der Waals surface area contributed by atoms with E-state index < -0.39 is 0 Å². The molecule has 1 aromatic rings.